The first-order valence-electron chi connectivity index (χ1n) is 18.0. The quantitative estimate of drug-likeness (QED) is 0.119. The molecule has 2 aromatic rings. The normalized spacial score (nSPS) is 13.2. The number of carbonyl (C=O) groups is 5. The Morgan fingerprint density at radius 3 is 2.02 bits per heavy atom. The van der Waals surface area contributed by atoms with Crippen molar-refractivity contribution >= 4 is 35.6 Å². The van der Waals surface area contributed by atoms with E-state index < -0.39 is 41.8 Å². The maximum absolute atomic E-state index is 13.9. The van der Waals surface area contributed by atoms with E-state index in [4.69, 9.17) is 15.2 Å². The molecule has 5 amide bonds. The molecule has 0 bridgehead atoms. The van der Waals surface area contributed by atoms with E-state index in [9.17, 15) is 24.0 Å². The van der Waals surface area contributed by atoms with Crippen LogP contribution in [0.1, 0.15) is 78.9 Å². The lowest BCUT2D eigenvalue weighted by molar-refractivity contribution is -0.152. The number of amides is 5. The van der Waals surface area contributed by atoms with Gasteiger partial charge >= 0.3 is 18.1 Å². The highest BCUT2D eigenvalue weighted by Crippen LogP contribution is 2.19. The Labute approximate surface area is 309 Å². The summed E-state index contributed by atoms with van der Waals surface area (Å²) in [6.07, 6.45) is 1.29. The van der Waals surface area contributed by atoms with Gasteiger partial charge in [0.05, 0.1) is 0 Å². The van der Waals surface area contributed by atoms with E-state index >= 15 is 0 Å². The van der Waals surface area contributed by atoms with Crippen LogP contribution in [0.4, 0.5) is 15.3 Å². The number of nitrogens with zero attached hydrogens (tertiary/aromatic N) is 2. The number of alkyl carbamates (subject to hydrolysis) is 1. The van der Waals surface area contributed by atoms with Gasteiger partial charge in [-0.15, -0.1) is 0 Å². The molecule has 0 spiro atoms. The van der Waals surface area contributed by atoms with E-state index in [0.29, 0.717) is 44.5 Å². The molecule has 52 heavy (non-hydrogen) atoms. The number of carbonyl (C=O) groups excluding carboxylic acids is 5. The van der Waals surface area contributed by atoms with Crippen molar-refractivity contribution in [3.63, 3.8) is 0 Å². The number of nitrogens with two attached hydrogens (primary N) is 1. The van der Waals surface area contributed by atoms with Gasteiger partial charge in [-0.05, 0) is 88.6 Å². The van der Waals surface area contributed by atoms with Crippen LogP contribution in [-0.4, -0.2) is 85.7 Å². The molecule has 0 saturated carbocycles. The van der Waals surface area contributed by atoms with Gasteiger partial charge in [0.25, 0.3) is 0 Å². The fourth-order valence-corrected chi connectivity index (χ4v) is 5.64. The number of ether oxygens (including phenoxy) is 2. The zero-order valence-corrected chi connectivity index (χ0v) is 32.4. The third-order valence-corrected chi connectivity index (χ3v) is 8.43. The van der Waals surface area contributed by atoms with E-state index in [-0.39, 0.29) is 30.3 Å². The third kappa shape index (κ3) is 15.3. The molecule has 2 aromatic carbocycles. The fourth-order valence-electron chi connectivity index (χ4n) is 5.64. The predicted octanol–water partition coefficient (Wildman–Crippen LogP) is 4.76. The fraction of sp³-hybridized carbons (Fsp3) is 0.564. The molecule has 2 rings (SSSR count). The molecule has 5 N–H and O–H groups in total. The van der Waals surface area contributed by atoms with Crippen LogP contribution in [0.3, 0.4) is 0 Å². The smallest absolute Gasteiger partial charge is 0.408 e. The number of rotatable bonds is 19. The van der Waals surface area contributed by atoms with E-state index in [1.165, 1.54) is 4.90 Å². The zero-order chi connectivity index (χ0) is 39.0. The molecular formula is C39H60N6O7. The zero-order valence-electron chi connectivity index (χ0n) is 32.4. The van der Waals surface area contributed by atoms with Crippen molar-refractivity contribution in [3.8, 4) is 0 Å². The molecule has 13 nitrogen and oxygen atoms in total. The topological polar surface area (TPSA) is 172 Å². The van der Waals surface area contributed by atoms with Crippen LogP contribution in [0.2, 0.25) is 0 Å². The molecule has 13 heteroatoms. The maximum atomic E-state index is 13.9. The Bertz CT molecular complexity index is 1440. The Morgan fingerprint density at radius 2 is 1.46 bits per heavy atom. The lowest BCUT2D eigenvalue weighted by Gasteiger charge is -2.29. The molecule has 0 unspecified atom stereocenters. The van der Waals surface area contributed by atoms with Crippen molar-refractivity contribution in [2.75, 3.05) is 32.1 Å². The highest BCUT2D eigenvalue weighted by atomic mass is 16.6. The van der Waals surface area contributed by atoms with Gasteiger partial charge in [0.15, 0.2) is 0 Å². The molecular weight excluding hydrogens is 664 g/mol. The molecule has 0 aliphatic heterocycles. The van der Waals surface area contributed by atoms with Crippen LogP contribution in [0.25, 0.3) is 0 Å². The standard InChI is InChI=1S/C39H60N6O7/c1-26(2)32(43-38(50)52-39(5,6)7)34(46)42-31(17-13-14-23-41-37(40)49)35(47)45(9)30-20-18-28(19-21-30)22-24-44(8)33(27(3)4)36(48)51-25-29-15-11-10-12-16-29/h10-12,15-16,18-21,26-27,31-33H,13-14,17,22-25H2,1-9H3,(H,42,46)(H,43,50)(H3,40,41,49)/t31-,32-,33-/m0/s1. The summed E-state index contributed by atoms with van der Waals surface area (Å²) in [6, 6.07) is 14.3. The minimum Gasteiger partial charge on any atom is -0.460 e. The molecule has 0 aliphatic rings. The number of hydrogen-bond donors (Lipinski definition) is 4. The Balaban J connectivity index is 2.10. The summed E-state index contributed by atoms with van der Waals surface area (Å²) in [4.78, 5) is 67.5. The average Bonchev–Trinajstić information content (AvgIpc) is 3.07. The van der Waals surface area contributed by atoms with Crippen molar-refractivity contribution in [2.24, 2.45) is 17.6 Å². The monoisotopic (exact) mass is 724 g/mol. The molecule has 3 atom stereocenters. The molecule has 0 saturated heterocycles. The highest BCUT2D eigenvalue weighted by Gasteiger charge is 2.32. The Kier molecular flexibility index (Phi) is 17.6. The first-order chi connectivity index (χ1) is 24.4. The first kappa shape index (κ1) is 43.5. The summed E-state index contributed by atoms with van der Waals surface area (Å²) in [6.45, 7) is 13.9. The van der Waals surface area contributed by atoms with Gasteiger partial charge in [-0.2, -0.15) is 0 Å². The molecule has 288 valence electrons. The average molecular weight is 725 g/mol. The number of unbranched alkanes of at least 4 members (excludes halogenated alkanes) is 1. The van der Waals surface area contributed by atoms with Crippen molar-refractivity contribution in [1.82, 2.24) is 20.9 Å². The summed E-state index contributed by atoms with van der Waals surface area (Å²) in [5.41, 5.74) is 7.01. The second-order valence-electron chi connectivity index (χ2n) is 14.8. The van der Waals surface area contributed by atoms with Crippen LogP contribution in [-0.2, 0) is 36.9 Å². The first-order valence-corrected chi connectivity index (χ1v) is 18.0. The number of esters is 1. The molecule has 0 fully saturated rings. The number of benzene rings is 2. The van der Waals surface area contributed by atoms with E-state index in [1.807, 2.05) is 80.4 Å². The molecule has 0 aliphatic carbocycles. The number of primary amides is 1. The Morgan fingerprint density at radius 1 is 0.827 bits per heavy atom. The summed E-state index contributed by atoms with van der Waals surface area (Å²) < 4.78 is 11.0. The molecule has 0 aromatic heterocycles. The van der Waals surface area contributed by atoms with Gasteiger partial charge in [0.2, 0.25) is 11.8 Å². The van der Waals surface area contributed by atoms with Gasteiger partial charge in [0, 0.05) is 25.8 Å². The van der Waals surface area contributed by atoms with Crippen LogP contribution in [0, 0.1) is 11.8 Å². The van der Waals surface area contributed by atoms with Crippen molar-refractivity contribution in [3.05, 3.63) is 65.7 Å². The Hall–Kier alpha value is -4.65. The summed E-state index contributed by atoms with van der Waals surface area (Å²) >= 11 is 0. The van der Waals surface area contributed by atoms with Crippen molar-refractivity contribution in [1.29, 1.82) is 0 Å². The lowest BCUT2D eigenvalue weighted by atomic mass is 10.0. The van der Waals surface area contributed by atoms with Crippen molar-refractivity contribution < 1.29 is 33.4 Å². The van der Waals surface area contributed by atoms with Gasteiger partial charge < -0.3 is 36.1 Å². The second kappa shape index (κ2) is 21.0. The minimum absolute atomic E-state index is 0.0482. The van der Waals surface area contributed by atoms with Crippen molar-refractivity contribution in [2.45, 2.75) is 104 Å². The largest absolute Gasteiger partial charge is 0.460 e. The molecule has 0 radical (unpaired) electrons. The molecule has 0 heterocycles. The number of likely N-dealkylation sites (N-methyl/N-ethyl adjacent to an activating group) is 2. The lowest BCUT2D eigenvalue weighted by Crippen LogP contribution is -2.56. The van der Waals surface area contributed by atoms with E-state index in [1.54, 1.807) is 41.7 Å². The van der Waals surface area contributed by atoms with Gasteiger partial charge in [-0.1, -0.05) is 70.2 Å². The highest BCUT2D eigenvalue weighted by molar-refractivity contribution is 5.99. The number of anilines is 1. The van der Waals surface area contributed by atoms with Crippen LogP contribution in [0.5, 0.6) is 0 Å². The predicted molar refractivity (Wildman–Crippen MR) is 202 cm³/mol. The number of nitrogens with one attached hydrogen (secondary N) is 3. The van der Waals surface area contributed by atoms with Gasteiger partial charge in [0.1, 0.15) is 30.3 Å². The van der Waals surface area contributed by atoms with Crippen LogP contribution in [0.15, 0.2) is 54.6 Å². The van der Waals surface area contributed by atoms with E-state index in [2.05, 4.69) is 16.0 Å². The second-order valence-corrected chi connectivity index (χ2v) is 14.8. The summed E-state index contributed by atoms with van der Waals surface area (Å²) in [5, 5.41) is 8.02. The maximum Gasteiger partial charge on any atom is 0.408 e. The SMILES string of the molecule is CC(C)[C@H](NC(=O)OC(C)(C)C)C(=O)N[C@@H](CCCCNC(N)=O)C(=O)N(C)c1ccc(CCN(C)[C@H](C(=O)OCc2ccccc2)C(C)C)cc1. The van der Waals surface area contributed by atoms with Crippen LogP contribution >= 0.6 is 0 Å². The summed E-state index contributed by atoms with van der Waals surface area (Å²) in [7, 11) is 3.56. The number of hydrogen-bond acceptors (Lipinski definition) is 8. The number of urea groups is 1. The van der Waals surface area contributed by atoms with E-state index in [0.717, 1.165) is 11.1 Å². The minimum atomic E-state index is -0.939. The van der Waals surface area contributed by atoms with Gasteiger partial charge in [-0.25, -0.2) is 9.59 Å². The van der Waals surface area contributed by atoms with Crippen LogP contribution < -0.4 is 26.6 Å². The summed E-state index contributed by atoms with van der Waals surface area (Å²) in [5.74, 6) is -1.35. The third-order valence-electron chi connectivity index (χ3n) is 8.43. The van der Waals surface area contributed by atoms with Gasteiger partial charge in [-0.3, -0.25) is 19.3 Å².